The third-order valence-electron chi connectivity index (χ3n) is 3.06. The van der Waals surface area contributed by atoms with Crippen molar-refractivity contribution in [3.8, 4) is 0 Å². The van der Waals surface area contributed by atoms with Gasteiger partial charge in [0.1, 0.15) is 5.52 Å². The molecule has 0 amide bonds. The summed E-state index contributed by atoms with van der Waals surface area (Å²) < 4.78 is 1.95. The van der Waals surface area contributed by atoms with Crippen LogP contribution < -0.4 is 0 Å². The zero-order chi connectivity index (χ0) is 13.4. The standard InChI is InChI=1S/C13H10Cl2N4/c1-8(9-5-3-2-4-6-9)19-7-16-12-10(19)11(14)17-13(15)18-12/h2-8H,1H3. The van der Waals surface area contributed by atoms with Crippen LogP contribution in [0.2, 0.25) is 10.4 Å². The van der Waals surface area contributed by atoms with Crippen LogP contribution in [0.15, 0.2) is 36.7 Å². The lowest BCUT2D eigenvalue weighted by atomic mass is 10.1. The smallest absolute Gasteiger partial charge is 0.225 e. The minimum Gasteiger partial charge on any atom is -0.319 e. The van der Waals surface area contributed by atoms with E-state index in [0.29, 0.717) is 16.3 Å². The summed E-state index contributed by atoms with van der Waals surface area (Å²) in [7, 11) is 0. The summed E-state index contributed by atoms with van der Waals surface area (Å²) >= 11 is 11.9. The first-order chi connectivity index (χ1) is 9.16. The molecule has 0 aliphatic rings. The summed E-state index contributed by atoms with van der Waals surface area (Å²) in [4.78, 5) is 12.3. The largest absolute Gasteiger partial charge is 0.319 e. The number of benzene rings is 1. The SMILES string of the molecule is CC(c1ccccc1)n1cnc2nc(Cl)nc(Cl)c21. The van der Waals surface area contributed by atoms with E-state index in [0.717, 1.165) is 5.56 Å². The van der Waals surface area contributed by atoms with Crippen molar-refractivity contribution >= 4 is 34.4 Å². The molecule has 1 unspecified atom stereocenters. The van der Waals surface area contributed by atoms with Crippen molar-refractivity contribution < 1.29 is 0 Å². The Morgan fingerprint density at radius 3 is 2.58 bits per heavy atom. The number of hydrogen-bond donors (Lipinski definition) is 0. The molecule has 6 heteroatoms. The van der Waals surface area contributed by atoms with E-state index < -0.39 is 0 Å². The van der Waals surface area contributed by atoms with Gasteiger partial charge in [0, 0.05) is 0 Å². The topological polar surface area (TPSA) is 43.6 Å². The first kappa shape index (κ1) is 12.4. The summed E-state index contributed by atoms with van der Waals surface area (Å²) in [6.45, 7) is 2.07. The van der Waals surface area contributed by atoms with E-state index in [4.69, 9.17) is 23.2 Å². The molecule has 0 aliphatic carbocycles. The van der Waals surface area contributed by atoms with Crippen LogP contribution in [0.1, 0.15) is 18.5 Å². The van der Waals surface area contributed by atoms with Gasteiger partial charge in [-0.15, -0.1) is 0 Å². The Morgan fingerprint density at radius 2 is 1.84 bits per heavy atom. The minimum absolute atomic E-state index is 0.0912. The number of halogens is 2. The van der Waals surface area contributed by atoms with Gasteiger partial charge < -0.3 is 4.57 Å². The average molecular weight is 293 g/mol. The van der Waals surface area contributed by atoms with Crippen LogP contribution in [0.5, 0.6) is 0 Å². The van der Waals surface area contributed by atoms with E-state index in [9.17, 15) is 0 Å². The molecule has 3 aromatic rings. The molecule has 1 aromatic carbocycles. The van der Waals surface area contributed by atoms with Crippen molar-refractivity contribution in [3.05, 3.63) is 52.7 Å². The van der Waals surface area contributed by atoms with Crippen molar-refractivity contribution in [3.63, 3.8) is 0 Å². The second-order valence-corrected chi connectivity index (χ2v) is 4.89. The van der Waals surface area contributed by atoms with Crippen molar-refractivity contribution in [2.75, 3.05) is 0 Å². The molecule has 19 heavy (non-hydrogen) atoms. The summed E-state index contributed by atoms with van der Waals surface area (Å²) in [5, 5.41) is 0.422. The van der Waals surface area contributed by atoms with Gasteiger partial charge in [0.25, 0.3) is 0 Å². The molecule has 0 fully saturated rings. The molecule has 2 heterocycles. The van der Waals surface area contributed by atoms with Gasteiger partial charge in [0.15, 0.2) is 10.8 Å². The van der Waals surface area contributed by atoms with E-state index in [1.807, 2.05) is 22.8 Å². The Morgan fingerprint density at radius 1 is 1.11 bits per heavy atom. The van der Waals surface area contributed by atoms with Crippen molar-refractivity contribution in [1.82, 2.24) is 19.5 Å². The van der Waals surface area contributed by atoms with Gasteiger partial charge in [-0.1, -0.05) is 41.9 Å². The fraction of sp³-hybridized carbons (Fsp3) is 0.154. The predicted molar refractivity (Wildman–Crippen MR) is 75.6 cm³/mol. The highest BCUT2D eigenvalue weighted by molar-refractivity contribution is 6.35. The molecule has 0 radical (unpaired) electrons. The Hall–Kier alpha value is -1.65. The molecule has 0 saturated carbocycles. The van der Waals surface area contributed by atoms with Crippen LogP contribution in [0.3, 0.4) is 0 Å². The van der Waals surface area contributed by atoms with Crippen molar-refractivity contribution in [2.45, 2.75) is 13.0 Å². The molecule has 2 aromatic heterocycles. The van der Waals surface area contributed by atoms with Crippen molar-refractivity contribution in [2.24, 2.45) is 0 Å². The van der Waals surface area contributed by atoms with Gasteiger partial charge in [-0.2, -0.15) is 4.98 Å². The predicted octanol–water partition coefficient (Wildman–Crippen LogP) is 3.74. The van der Waals surface area contributed by atoms with E-state index >= 15 is 0 Å². The fourth-order valence-corrected chi connectivity index (χ4v) is 2.53. The number of rotatable bonds is 2. The molecule has 0 bridgehead atoms. The molecule has 0 N–H and O–H groups in total. The van der Waals surface area contributed by atoms with Gasteiger partial charge in [-0.05, 0) is 24.1 Å². The lowest BCUT2D eigenvalue weighted by molar-refractivity contribution is 0.657. The number of aromatic nitrogens is 4. The maximum absolute atomic E-state index is 6.14. The molecule has 4 nitrogen and oxygen atoms in total. The zero-order valence-corrected chi connectivity index (χ0v) is 11.6. The third kappa shape index (κ3) is 2.17. The van der Waals surface area contributed by atoms with Crippen LogP contribution in [-0.2, 0) is 0 Å². The van der Waals surface area contributed by atoms with E-state index in [1.54, 1.807) is 6.33 Å². The Balaban J connectivity index is 2.16. The van der Waals surface area contributed by atoms with Crippen molar-refractivity contribution in [1.29, 1.82) is 0 Å². The summed E-state index contributed by atoms with van der Waals surface area (Å²) in [6, 6.07) is 10.2. The minimum atomic E-state index is 0.0912. The second kappa shape index (κ2) is 4.79. The van der Waals surface area contributed by atoms with Gasteiger partial charge in [-0.25, -0.2) is 9.97 Å². The molecule has 96 valence electrons. The van der Waals surface area contributed by atoms with E-state index in [1.165, 1.54) is 0 Å². The zero-order valence-electron chi connectivity index (χ0n) is 10.1. The quantitative estimate of drug-likeness (QED) is 0.534. The van der Waals surface area contributed by atoms with Crippen LogP contribution in [0.25, 0.3) is 11.2 Å². The van der Waals surface area contributed by atoms with Gasteiger partial charge in [0.2, 0.25) is 5.28 Å². The lowest BCUT2D eigenvalue weighted by Gasteiger charge is -2.14. The summed E-state index contributed by atoms with van der Waals surface area (Å²) in [5.41, 5.74) is 2.36. The van der Waals surface area contributed by atoms with Gasteiger partial charge in [-0.3, -0.25) is 0 Å². The van der Waals surface area contributed by atoms with Gasteiger partial charge >= 0.3 is 0 Å². The number of fused-ring (bicyclic) bond motifs is 1. The highest BCUT2D eigenvalue weighted by atomic mass is 35.5. The van der Waals surface area contributed by atoms with Gasteiger partial charge in [0.05, 0.1) is 12.4 Å². The maximum atomic E-state index is 6.14. The van der Waals surface area contributed by atoms with Crippen LogP contribution in [0.4, 0.5) is 0 Å². The summed E-state index contributed by atoms with van der Waals surface area (Å²) in [6.07, 6.45) is 1.71. The highest BCUT2D eigenvalue weighted by Crippen LogP contribution is 2.27. The monoisotopic (exact) mass is 292 g/mol. The maximum Gasteiger partial charge on any atom is 0.225 e. The molecule has 0 aliphatic heterocycles. The molecule has 0 saturated heterocycles. The molecular formula is C13H10Cl2N4. The first-order valence-corrected chi connectivity index (χ1v) is 6.53. The lowest BCUT2D eigenvalue weighted by Crippen LogP contribution is -2.06. The molecule has 0 spiro atoms. The normalized spacial score (nSPS) is 12.8. The highest BCUT2D eigenvalue weighted by Gasteiger charge is 2.16. The van der Waals surface area contributed by atoms with Crippen LogP contribution >= 0.6 is 23.2 Å². The number of hydrogen-bond acceptors (Lipinski definition) is 3. The molecule has 1 atom stereocenters. The van der Waals surface area contributed by atoms with Crippen LogP contribution in [0, 0.1) is 0 Å². The van der Waals surface area contributed by atoms with E-state index in [-0.39, 0.29) is 11.3 Å². The number of imidazole rings is 1. The molecular weight excluding hydrogens is 283 g/mol. The average Bonchev–Trinajstić information content (AvgIpc) is 2.83. The number of nitrogens with zero attached hydrogens (tertiary/aromatic N) is 4. The van der Waals surface area contributed by atoms with E-state index in [2.05, 4.69) is 34.0 Å². The Kier molecular flexibility index (Phi) is 3.12. The third-order valence-corrected chi connectivity index (χ3v) is 3.49. The first-order valence-electron chi connectivity index (χ1n) is 5.77. The Bertz CT molecular complexity index is 724. The second-order valence-electron chi connectivity index (χ2n) is 4.19. The summed E-state index contributed by atoms with van der Waals surface area (Å²) in [5.74, 6) is 0. The van der Waals surface area contributed by atoms with Crippen LogP contribution in [-0.4, -0.2) is 19.5 Å². The Labute approximate surface area is 120 Å². The fourth-order valence-electron chi connectivity index (χ4n) is 2.06. The molecule has 3 rings (SSSR count).